The Morgan fingerprint density at radius 3 is 2.12 bits per heavy atom. The molecule has 2 fully saturated rings. The van der Waals surface area contributed by atoms with Crippen molar-refractivity contribution in [3.63, 3.8) is 0 Å². The zero-order valence-corrected chi connectivity index (χ0v) is 21.0. The molecule has 2 N–H and O–H groups in total. The maximum Gasteiger partial charge on any atom is 0.490 e. The fourth-order valence-electron chi connectivity index (χ4n) is 3.87. The van der Waals surface area contributed by atoms with E-state index in [-0.39, 0.29) is 24.2 Å². The van der Waals surface area contributed by atoms with Crippen LogP contribution in [0.25, 0.3) is 0 Å². The monoisotopic (exact) mass is 571 g/mol. The Balaban J connectivity index is 0.000000509. The predicted octanol–water partition coefficient (Wildman–Crippen LogP) is 3.09. The van der Waals surface area contributed by atoms with Gasteiger partial charge >= 0.3 is 12.1 Å². The molecule has 1 saturated heterocycles. The van der Waals surface area contributed by atoms with Crippen LogP contribution in [0.15, 0.2) is 28.7 Å². The van der Waals surface area contributed by atoms with Crippen LogP contribution in [0.3, 0.4) is 0 Å². The molecule has 34 heavy (non-hydrogen) atoms. The Kier molecular flexibility index (Phi) is 10.8. The van der Waals surface area contributed by atoms with Crippen LogP contribution in [0.4, 0.5) is 13.2 Å². The number of hydrogen-bond donors (Lipinski definition) is 2. The summed E-state index contributed by atoms with van der Waals surface area (Å²) in [6.45, 7) is 2.64. The van der Waals surface area contributed by atoms with E-state index in [0.29, 0.717) is 31.7 Å². The van der Waals surface area contributed by atoms with Crippen molar-refractivity contribution in [3.05, 3.63) is 34.3 Å². The Bertz CT molecular complexity index is 917. The normalized spacial score (nSPS) is 18.0. The number of benzene rings is 1. The molecule has 1 amide bonds. The number of carboxylic acid groups (broad SMARTS) is 1. The third-order valence-corrected chi connectivity index (χ3v) is 8.05. The zero-order chi connectivity index (χ0) is 25.4. The van der Waals surface area contributed by atoms with Gasteiger partial charge < -0.3 is 15.3 Å². The second-order valence-electron chi connectivity index (χ2n) is 8.07. The van der Waals surface area contributed by atoms with E-state index in [1.165, 1.54) is 6.42 Å². The summed E-state index contributed by atoms with van der Waals surface area (Å²) in [6, 6.07) is 7.43. The first-order chi connectivity index (χ1) is 15.9. The van der Waals surface area contributed by atoms with Crippen LogP contribution in [0.1, 0.15) is 42.5 Å². The maximum atomic E-state index is 13.1. The number of hydrogen-bond acceptors (Lipinski definition) is 5. The van der Waals surface area contributed by atoms with Crippen LogP contribution in [0.5, 0.6) is 0 Å². The molecule has 3 rings (SSSR count). The largest absolute Gasteiger partial charge is 0.490 e. The quantitative estimate of drug-likeness (QED) is 0.543. The van der Waals surface area contributed by atoms with Gasteiger partial charge in [-0.05, 0) is 37.1 Å². The number of amides is 1. The third kappa shape index (κ3) is 8.82. The summed E-state index contributed by atoms with van der Waals surface area (Å²) < 4.78 is 59.7. The van der Waals surface area contributed by atoms with Crippen molar-refractivity contribution in [1.29, 1.82) is 0 Å². The first-order valence-electron chi connectivity index (χ1n) is 11.0. The summed E-state index contributed by atoms with van der Waals surface area (Å²) in [5, 5.41) is 10.3. The smallest absolute Gasteiger partial charge is 0.475 e. The van der Waals surface area contributed by atoms with Crippen molar-refractivity contribution in [1.82, 2.24) is 14.5 Å². The van der Waals surface area contributed by atoms with E-state index in [2.05, 4.69) is 21.2 Å². The molecular weight excluding hydrogens is 543 g/mol. The topological polar surface area (TPSA) is 107 Å². The van der Waals surface area contributed by atoms with Crippen molar-refractivity contribution in [2.24, 2.45) is 0 Å². The minimum atomic E-state index is -5.08. The van der Waals surface area contributed by atoms with Gasteiger partial charge in [0.1, 0.15) is 0 Å². The molecule has 1 aromatic rings. The minimum absolute atomic E-state index is 0.00817. The average Bonchev–Trinajstić information content (AvgIpc) is 2.80. The van der Waals surface area contributed by atoms with E-state index in [0.717, 1.165) is 30.2 Å². The SMILES string of the molecule is O=C(O)C(F)(F)F.O=C(c1ccc(Br)cc1)N(CCS(=O)(=O)N1CCNCC1)C1CCCCC1. The second kappa shape index (κ2) is 12.8. The molecule has 1 aromatic carbocycles. The zero-order valence-electron chi connectivity index (χ0n) is 18.6. The molecule has 0 unspecified atom stereocenters. The Hall–Kier alpha value is -1.70. The van der Waals surface area contributed by atoms with E-state index in [1.807, 2.05) is 17.0 Å². The van der Waals surface area contributed by atoms with Crippen LogP contribution >= 0.6 is 15.9 Å². The number of nitrogens with zero attached hydrogens (tertiary/aromatic N) is 2. The third-order valence-electron chi connectivity index (χ3n) is 5.67. The molecule has 1 aliphatic heterocycles. The first-order valence-corrected chi connectivity index (χ1v) is 13.4. The fraction of sp³-hybridized carbons (Fsp3) is 0.619. The molecule has 1 saturated carbocycles. The van der Waals surface area contributed by atoms with E-state index >= 15 is 0 Å². The van der Waals surface area contributed by atoms with Gasteiger partial charge in [-0.25, -0.2) is 13.2 Å². The van der Waals surface area contributed by atoms with Gasteiger partial charge in [-0.3, -0.25) is 4.79 Å². The summed E-state index contributed by atoms with van der Waals surface area (Å²) in [5.74, 6) is -2.83. The van der Waals surface area contributed by atoms with Crippen molar-refractivity contribution < 1.29 is 36.3 Å². The highest BCUT2D eigenvalue weighted by molar-refractivity contribution is 9.10. The van der Waals surface area contributed by atoms with Crippen molar-refractivity contribution in [3.8, 4) is 0 Å². The Labute approximate surface area is 205 Å². The highest BCUT2D eigenvalue weighted by Gasteiger charge is 2.38. The lowest BCUT2D eigenvalue weighted by Crippen LogP contribution is -2.49. The average molecular weight is 572 g/mol. The molecule has 1 heterocycles. The number of carbonyl (C=O) groups excluding carboxylic acids is 1. The van der Waals surface area contributed by atoms with Gasteiger partial charge in [0.15, 0.2) is 0 Å². The standard InChI is InChI=1S/C19H28BrN3O3S.C2HF3O2/c20-17-8-6-16(7-9-17)19(24)23(18-4-2-1-3-5-18)14-15-27(25,26)22-12-10-21-11-13-22;3-2(4,5)1(6)7/h6-9,18,21H,1-5,10-15H2;(H,6,7). The molecule has 2 aliphatic rings. The number of piperazine rings is 1. The molecule has 0 atom stereocenters. The number of alkyl halides is 3. The van der Waals surface area contributed by atoms with Crippen molar-refractivity contribution in [2.75, 3.05) is 38.5 Å². The second-order valence-corrected chi connectivity index (χ2v) is 11.1. The molecule has 8 nitrogen and oxygen atoms in total. The van der Waals surface area contributed by atoms with Gasteiger partial charge in [-0.15, -0.1) is 0 Å². The Morgan fingerprint density at radius 2 is 1.62 bits per heavy atom. The van der Waals surface area contributed by atoms with E-state index in [9.17, 15) is 26.4 Å². The lowest BCUT2D eigenvalue weighted by molar-refractivity contribution is -0.192. The first kappa shape index (κ1) is 28.5. The van der Waals surface area contributed by atoms with Gasteiger partial charge in [0.2, 0.25) is 10.0 Å². The lowest BCUT2D eigenvalue weighted by Gasteiger charge is -2.35. The van der Waals surface area contributed by atoms with Gasteiger partial charge in [-0.1, -0.05) is 35.2 Å². The number of halogens is 4. The van der Waals surface area contributed by atoms with Crippen molar-refractivity contribution >= 4 is 37.8 Å². The number of sulfonamides is 1. The van der Waals surface area contributed by atoms with Crippen LogP contribution in [0, 0.1) is 0 Å². The molecule has 0 radical (unpaired) electrons. The van der Waals surface area contributed by atoms with Crippen molar-refractivity contribution in [2.45, 2.75) is 44.3 Å². The number of carbonyl (C=O) groups is 2. The fourth-order valence-corrected chi connectivity index (χ4v) is 5.56. The van der Waals surface area contributed by atoms with E-state index in [1.54, 1.807) is 16.4 Å². The van der Waals surface area contributed by atoms with Crippen LogP contribution in [-0.2, 0) is 14.8 Å². The van der Waals surface area contributed by atoms with Gasteiger partial charge in [0.25, 0.3) is 5.91 Å². The van der Waals surface area contributed by atoms with Crippen LogP contribution in [0.2, 0.25) is 0 Å². The van der Waals surface area contributed by atoms with Gasteiger partial charge in [0.05, 0.1) is 5.75 Å². The summed E-state index contributed by atoms with van der Waals surface area (Å²) in [4.78, 5) is 23.8. The number of rotatable bonds is 6. The molecular formula is C21H29BrF3N3O5S. The number of nitrogens with one attached hydrogen (secondary N) is 1. The molecule has 192 valence electrons. The molecule has 0 aromatic heterocycles. The lowest BCUT2D eigenvalue weighted by atomic mass is 9.93. The molecule has 1 aliphatic carbocycles. The maximum absolute atomic E-state index is 13.1. The summed E-state index contributed by atoms with van der Waals surface area (Å²) in [7, 11) is -3.35. The molecule has 13 heteroatoms. The molecule has 0 bridgehead atoms. The minimum Gasteiger partial charge on any atom is -0.475 e. The van der Waals surface area contributed by atoms with E-state index < -0.39 is 22.2 Å². The number of aliphatic carboxylic acids is 1. The number of carboxylic acids is 1. The van der Waals surface area contributed by atoms with Gasteiger partial charge in [0, 0.05) is 48.8 Å². The van der Waals surface area contributed by atoms with E-state index in [4.69, 9.17) is 9.90 Å². The molecule has 0 spiro atoms. The van der Waals surface area contributed by atoms with Crippen LogP contribution in [-0.4, -0.2) is 85.3 Å². The highest BCUT2D eigenvalue weighted by Crippen LogP contribution is 2.25. The summed E-state index contributed by atoms with van der Waals surface area (Å²) in [6.07, 6.45) is 0.209. The van der Waals surface area contributed by atoms with Gasteiger partial charge in [-0.2, -0.15) is 17.5 Å². The highest BCUT2D eigenvalue weighted by atomic mass is 79.9. The Morgan fingerprint density at radius 1 is 1.09 bits per heavy atom. The predicted molar refractivity (Wildman–Crippen MR) is 124 cm³/mol. The van der Waals surface area contributed by atoms with Crippen LogP contribution < -0.4 is 5.32 Å². The summed E-state index contributed by atoms with van der Waals surface area (Å²) >= 11 is 3.39. The summed E-state index contributed by atoms with van der Waals surface area (Å²) in [5.41, 5.74) is 0.614.